The molecular formula is C29H29N3O4. The maximum absolute atomic E-state index is 13.4. The van der Waals surface area contributed by atoms with Crippen LogP contribution in [0.3, 0.4) is 0 Å². The van der Waals surface area contributed by atoms with Crippen LogP contribution in [0, 0.1) is 11.3 Å². The molecule has 1 heterocycles. The second-order valence-electron chi connectivity index (χ2n) is 8.93. The lowest BCUT2D eigenvalue weighted by atomic mass is 9.91. The van der Waals surface area contributed by atoms with Crippen molar-refractivity contribution in [3.63, 3.8) is 0 Å². The second kappa shape index (κ2) is 11.4. The average Bonchev–Trinajstić information content (AvgIpc) is 2.86. The predicted octanol–water partition coefficient (Wildman–Crippen LogP) is 5.29. The summed E-state index contributed by atoms with van der Waals surface area (Å²) in [5.74, 6) is -1.73. The van der Waals surface area contributed by atoms with Gasteiger partial charge in [0.05, 0.1) is 0 Å². The van der Waals surface area contributed by atoms with Crippen molar-refractivity contribution in [2.24, 2.45) is 5.92 Å². The lowest BCUT2D eigenvalue weighted by Gasteiger charge is -2.14. The van der Waals surface area contributed by atoms with Gasteiger partial charge in [0.1, 0.15) is 5.69 Å². The van der Waals surface area contributed by atoms with Crippen LogP contribution < -0.4 is 5.32 Å². The summed E-state index contributed by atoms with van der Waals surface area (Å²) >= 11 is 0. The van der Waals surface area contributed by atoms with Crippen molar-refractivity contribution < 1.29 is 19.5 Å². The molecule has 0 aliphatic carbocycles. The number of pyridine rings is 1. The van der Waals surface area contributed by atoms with E-state index in [0.29, 0.717) is 28.9 Å². The smallest absolute Gasteiger partial charge is 0.355 e. The number of hydrogen-bond acceptors (Lipinski definition) is 5. The zero-order chi connectivity index (χ0) is 26.4. The van der Waals surface area contributed by atoms with E-state index in [2.05, 4.69) is 16.9 Å². The van der Waals surface area contributed by atoms with E-state index in [9.17, 15) is 19.5 Å². The van der Waals surface area contributed by atoms with Gasteiger partial charge in [0, 0.05) is 29.8 Å². The molecule has 36 heavy (non-hydrogen) atoms. The molecule has 184 valence electrons. The van der Waals surface area contributed by atoms with Gasteiger partial charge in [-0.3, -0.25) is 9.59 Å². The zero-order valence-electron chi connectivity index (χ0n) is 20.6. The Bertz CT molecular complexity index is 1340. The zero-order valence-corrected chi connectivity index (χ0v) is 20.6. The number of hydrogen-bond donors (Lipinski definition) is 3. The largest absolute Gasteiger partial charge is 0.476 e. The first-order valence-corrected chi connectivity index (χ1v) is 11.6. The van der Waals surface area contributed by atoms with Gasteiger partial charge in [-0.25, -0.2) is 9.78 Å². The van der Waals surface area contributed by atoms with Crippen LogP contribution in [0.4, 0.5) is 0 Å². The van der Waals surface area contributed by atoms with Crippen LogP contribution in [0.1, 0.15) is 68.8 Å². The number of Topliss-reactive ketones (excluding diaryl/α,β-unsaturated/α-hetero) is 1. The number of carbonyl (C=O) groups is 3. The predicted molar refractivity (Wildman–Crippen MR) is 141 cm³/mol. The van der Waals surface area contributed by atoms with Gasteiger partial charge < -0.3 is 15.8 Å². The van der Waals surface area contributed by atoms with Crippen LogP contribution in [-0.2, 0) is 6.42 Å². The van der Waals surface area contributed by atoms with Crippen molar-refractivity contribution in [1.29, 1.82) is 5.41 Å². The molecule has 0 radical (unpaired) electrons. The van der Waals surface area contributed by atoms with E-state index in [4.69, 9.17) is 5.41 Å². The van der Waals surface area contributed by atoms with Gasteiger partial charge in [-0.15, -0.1) is 0 Å². The number of carbonyl (C=O) groups excluding carboxylic acids is 2. The normalized spacial score (nSPS) is 10.7. The lowest BCUT2D eigenvalue weighted by molar-refractivity contribution is 0.0691. The molecule has 0 fully saturated rings. The fourth-order valence-corrected chi connectivity index (χ4v) is 3.66. The van der Waals surface area contributed by atoms with Crippen molar-refractivity contribution in [2.75, 3.05) is 6.54 Å². The van der Waals surface area contributed by atoms with Crippen molar-refractivity contribution >= 4 is 29.4 Å². The Morgan fingerprint density at radius 1 is 1.06 bits per heavy atom. The highest BCUT2D eigenvalue weighted by atomic mass is 16.4. The van der Waals surface area contributed by atoms with E-state index in [-0.39, 0.29) is 35.1 Å². The van der Waals surface area contributed by atoms with Crippen molar-refractivity contribution in [3.05, 3.63) is 94.8 Å². The number of aromatic carboxylic acids is 1. The number of rotatable bonds is 10. The van der Waals surface area contributed by atoms with Crippen molar-refractivity contribution in [2.45, 2.75) is 27.2 Å². The molecule has 0 saturated heterocycles. The maximum atomic E-state index is 13.4. The van der Waals surface area contributed by atoms with Gasteiger partial charge in [-0.2, -0.15) is 0 Å². The van der Waals surface area contributed by atoms with Gasteiger partial charge in [-0.1, -0.05) is 62.9 Å². The Morgan fingerprint density at radius 3 is 2.31 bits per heavy atom. The molecule has 0 aliphatic heterocycles. The molecule has 1 aromatic heterocycles. The van der Waals surface area contributed by atoms with Crippen LogP contribution in [0.5, 0.6) is 0 Å². The minimum atomic E-state index is -1.30. The molecule has 1 amide bonds. The third-order valence-corrected chi connectivity index (χ3v) is 5.62. The number of ketones is 1. The maximum Gasteiger partial charge on any atom is 0.355 e. The first-order valence-electron chi connectivity index (χ1n) is 11.6. The molecule has 0 aliphatic rings. The number of nitrogens with one attached hydrogen (secondary N) is 2. The standard InChI is InChI=1S/C29H29N3O4/c1-5-19-8-11-22(24(14-19)26(33)15-20-6-9-21(10-7-20)18(4)30)23-12-13-25(32-27(23)29(35)36)28(34)31-16-17(2)3/h5-14,17,30H,1,15-16H2,2-4H3,(H,31,34)(H,35,36). The minimum absolute atomic E-state index is 0.00558. The Hall–Kier alpha value is -4.39. The fraction of sp³-hybridized carbons (Fsp3) is 0.207. The summed E-state index contributed by atoms with van der Waals surface area (Å²) in [4.78, 5) is 42.1. The van der Waals surface area contributed by atoms with E-state index in [0.717, 1.165) is 11.1 Å². The Labute approximate surface area is 210 Å². The van der Waals surface area contributed by atoms with Gasteiger partial charge >= 0.3 is 5.97 Å². The molecule has 3 rings (SSSR count). The van der Waals surface area contributed by atoms with Crippen molar-refractivity contribution in [3.8, 4) is 11.1 Å². The molecule has 0 bridgehead atoms. The molecule has 7 nitrogen and oxygen atoms in total. The number of nitrogens with zero attached hydrogens (tertiary/aromatic N) is 1. The average molecular weight is 484 g/mol. The molecule has 3 N–H and O–H groups in total. The first-order chi connectivity index (χ1) is 17.1. The molecule has 0 atom stereocenters. The van der Waals surface area contributed by atoms with Crippen molar-refractivity contribution in [1.82, 2.24) is 10.3 Å². The van der Waals surface area contributed by atoms with Crippen LogP contribution in [0.15, 0.2) is 61.2 Å². The Morgan fingerprint density at radius 2 is 1.72 bits per heavy atom. The van der Waals surface area contributed by atoms with Crippen LogP contribution in [0.2, 0.25) is 0 Å². The summed E-state index contributed by atoms with van der Waals surface area (Å²) in [5, 5.41) is 20.3. The second-order valence-corrected chi connectivity index (χ2v) is 8.93. The summed E-state index contributed by atoms with van der Waals surface area (Å²) in [7, 11) is 0. The highest BCUT2D eigenvalue weighted by Crippen LogP contribution is 2.29. The first kappa shape index (κ1) is 26.2. The molecule has 0 unspecified atom stereocenters. The van der Waals surface area contributed by atoms with Gasteiger partial charge in [0.2, 0.25) is 0 Å². The molecule has 0 spiro atoms. The molecule has 0 saturated carbocycles. The molecule has 2 aromatic carbocycles. The van der Waals surface area contributed by atoms with Gasteiger partial charge in [-0.05, 0) is 53.3 Å². The molecule has 7 heteroatoms. The monoisotopic (exact) mass is 483 g/mol. The molecule has 3 aromatic rings. The highest BCUT2D eigenvalue weighted by Gasteiger charge is 2.22. The summed E-state index contributed by atoms with van der Waals surface area (Å²) in [6.07, 6.45) is 1.71. The minimum Gasteiger partial charge on any atom is -0.476 e. The summed E-state index contributed by atoms with van der Waals surface area (Å²) in [6.45, 7) is 9.81. The quantitative estimate of drug-likeness (QED) is 0.267. The van der Waals surface area contributed by atoms with E-state index in [1.165, 1.54) is 12.1 Å². The Kier molecular flexibility index (Phi) is 8.27. The number of aromatic nitrogens is 1. The summed E-state index contributed by atoms with van der Waals surface area (Å²) < 4.78 is 0. The highest BCUT2D eigenvalue weighted by molar-refractivity contribution is 6.07. The number of carboxylic acids is 1. The SMILES string of the molecule is C=Cc1ccc(-c2ccc(C(=O)NCC(C)C)nc2C(=O)O)c(C(=O)Cc2ccc(C(C)=N)cc2)c1. The third-order valence-electron chi connectivity index (χ3n) is 5.62. The topological polar surface area (TPSA) is 120 Å². The van der Waals surface area contributed by atoms with E-state index in [1.54, 1.807) is 55.5 Å². The van der Waals surface area contributed by atoms with Crippen LogP contribution in [0.25, 0.3) is 17.2 Å². The Balaban J connectivity index is 2.03. The molecular weight excluding hydrogens is 454 g/mol. The van der Waals surface area contributed by atoms with E-state index in [1.807, 2.05) is 13.8 Å². The number of benzene rings is 2. The lowest BCUT2D eigenvalue weighted by Crippen LogP contribution is -2.28. The number of carboxylic acid groups (broad SMARTS) is 1. The van der Waals surface area contributed by atoms with E-state index >= 15 is 0 Å². The number of amides is 1. The van der Waals surface area contributed by atoms with Crippen LogP contribution >= 0.6 is 0 Å². The summed E-state index contributed by atoms with van der Waals surface area (Å²) in [6, 6.07) is 15.3. The van der Waals surface area contributed by atoms with Crippen LogP contribution in [-0.4, -0.2) is 40.0 Å². The van der Waals surface area contributed by atoms with E-state index < -0.39 is 11.9 Å². The summed E-state index contributed by atoms with van der Waals surface area (Å²) in [5.41, 5.74) is 3.38. The fourth-order valence-electron chi connectivity index (χ4n) is 3.66. The van der Waals surface area contributed by atoms with Gasteiger partial charge in [0.15, 0.2) is 11.5 Å². The van der Waals surface area contributed by atoms with Gasteiger partial charge in [0.25, 0.3) is 5.91 Å². The third kappa shape index (κ3) is 6.18.